The molecule has 1 amide bonds. The van der Waals surface area contributed by atoms with Crippen molar-refractivity contribution in [3.05, 3.63) is 23.8 Å². The lowest BCUT2D eigenvalue weighted by Crippen LogP contribution is -2.35. The Hall–Kier alpha value is -2.75. The molecule has 0 bridgehead atoms. The summed E-state index contributed by atoms with van der Waals surface area (Å²) in [4.78, 5) is 24.0. The van der Waals surface area contributed by atoms with Crippen LogP contribution in [0.5, 0.6) is 0 Å². The number of nitrogens with zero attached hydrogens (tertiary/aromatic N) is 2. The zero-order chi connectivity index (χ0) is 14.4. The van der Waals surface area contributed by atoms with Gasteiger partial charge in [0.15, 0.2) is 0 Å². The van der Waals surface area contributed by atoms with E-state index in [4.69, 9.17) is 16.1 Å². The van der Waals surface area contributed by atoms with Gasteiger partial charge in [-0.3, -0.25) is 4.79 Å². The molecule has 0 aliphatic rings. The first-order valence-corrected chi connectivity index (χ1v) is 5.43. The lowest BCUT2D eigenvalue weighted by molar-refractivity contribution is -0.119. The van der Waals surface area contributed by atoms with Crippen LogP contribution in [0, 0.1) is 11.3 Å². The first-order chi connectivity index (χ1) is 8.95. The number of carbonyl (C=O) groups is 2. The van der Waals surface area contributed by atoms with Crippen molar-refractivity contribution in [1.29, 1.82) is 5.26 Å². The van der Waals surface area contributed by atoms with Crippen LogP contribution < -0.4 is 16.0 Å². The number of likely N-dealkylation sites (N-methyl/N-ethyl adjacent to an activating group) is 1. The Morgan fingerprint density at radius 1 is 1.53 bits per heavy atom. The minimum atomic E-state index is -1.12. The number of anilines is 2. The summed E-state index contributed by atoms with van der Waals surface area (Å²) in [6.45, 7) is -0.133. The number of aromatic carboxylic acids is 1. The van der Waals surface area contributed by atoms with E-state index in [1.165, 1.54) is 17.0 Å². The molecule has 1 aromatic rings. The largest absolute Gasteiger partial charge is 0.478 e. The molecule has 1 aromatic carbocycles. The zero-order valence-corrected chi connectivity index (χ0v) is 10.4. The highest BCUT2D eigenvalue weighted by molar-refractivity contribution is 5.96. The van der Waals surface area contributed by atoms with E-state index in [-0.39, 0.29) is 24.6 Å². The molecule has 0 saturated carbocycles. The third-order valence-corrected chi connectivity index (χ3v) is 2.41. The minimum absolute atomic E-state index is 0.0237. The van der Waals surface area contributed by atoms with Crippen molar-refractivity contribution in [2.45, 2.75) is 0 Å². The van der Waals surface area contributed by atoms with E-state index < -0.39 is 5.97 Å². The van der Waals surface area contributed by atoms with Crippen molar-refractivity contribution in [1.82, 2.24) is 5.32 Å². The number of carbonyl (C=O) groups excluding carboxylic acids is 1. The van der Waals surface area contributed by atoms with Gasteiger partial charge in [0.1, 0.15) is 6.54 Å². The second kappa shape index (κ2) is 6.26. The Morgan fingerprint density at radius 2 is 2.21 bits per heavy atom. The Labute approximate surface area is 110 Å². The van der Waals surface area contributed by atoms with Crippen LogP contribution in [0.4, 0.5) is 11.4 Å². The van der Waals surface area contributed by atoms with Gasteiger partial charge < -0.3 is 21.1 Å². The molecule has 0 saturated heterocycles. The van der Waals surface area contributed by atoms with Gasteiger partial charge in [0.2, 0.25) is 5.91 Å². The summed E-state index contributed by atoms with van der Waals surface area (Å²) < 4.78 is 0. The van der Waals surface area contributed by atoms with Gasteiger partial charge in [-0.2, -0.15) is 5.26 Å². The molecule has 0 atom stereocenters. The van der Waals surface area contributed by atoms with Crippen LogP contribution in [0.25, 0.3) is 0 Å². The summed E-state index contributed by atoms with van der Waals surface area (Å²) in [5.74, 6) is -1.48. The van der Waals surface area contributed by atoms with E-state index >= 15 is 0 Å². The number of hydrogen-bond donors (Lipinski definition) is 3. The fourth-order valence-corrected chi connectivity index (χ4v) is 1.55. The standard InChI is InChI=1S/C12H14N4O3/c1-16(7-11(17)15-5-4-13)10-3-2-8(14)6-9(10)12(18)19/h2-3,6H,5,7,14H2,1H3,(H,15,17)(H,18,19). The highest BCUT2D eigenvalue weighted by atomic mass is 16.4. The van der Waals surface area contributed by atoms with Crippen LogP contribution in [0.2, 0.25) is 0 Å². The monoisotopic (exact) mass is 262 g/mol. The van der Waals surface area contributed by atoms with Crippen LogP contribution in [0.15, 0.2) is 18.2 Å². The number of amides is 1. The SMILES string of the molecule is CN(CC(=O)NCC#N)c1ccc(N)cc1C(=O)O. The van der Waals surface area contributed by atoms with Gasteiger partial charge in [0, 0.05) is 12.7 Å². The molecule has 0 spiro atoms. The van der Waals surface area contributed by atoms with Gasteiger partial charge in [-0.05, 0) is 18.2 Å². The molecule has 7 nitrogen and oxygen atoms in total. The normalized spacial score (nSPS) is 9.47. The van der Waals surface area contributed by atoms with Crippen molar-refractivity contribution >= 4 is 23.3 Å². The molecule has 4 N–H and O–H groups in total. The molecule has 0 radical (unpaired) electrons. The molecular weight excluding hydrogens is 248 g/mol. The first kappa shape index (κ1) is 14.3. The summed E-state index contributed by atoms with van der Waals surface area (Å²) in [7, 11) is 1.59. The van der Waals surface area contributed by atoms with E-state index in [2.05, 4.69) is 5.32 Å². The molecule has 7 heteroatoms. The average Bonchev–Trinajstić information content (AvgIpc) is 2.35. The summed E-state index contributed by atoms with van der Waals surface area (Å²) >= 11 is 0. The number of benzene rings is 1. The number of carboxylic acids is 1. The number of nitrogens with two attached hydrogens (primary N) is 1. The smallest absolute Gasteiger partial charge is 0.337 e. The lowest BCUT2D eigenvalue weighted by atomic mass is 10.1. The van der Waals surface area contributed by atoms with Crippen LogP contribution in [-0.2, 0) is 4.79 Å². The summed E-state index contributed by atoms with van der Waals surface area (Å²) in [6.07, 6.45) is 0. The quantitative estimate of drug-likeness (QED) is 0.509. The number of nitriles is 1. The lowest BCUT2D eigenvalue weighted by Gasteiger charge is -2.20. The second-order valence-corrected chi connectivity index (χ2v) is 3.87. The van der Waals surface area contributed by atoms with Gasteiger partial charge in [-0.25, -0.2) is 4.79 Å². The third kappa shape index (κ3) is 3.89. The van der Waals surface area contributed by atoms with Gasteiger partial charge in [0.05, 0.1) is 23.9 Å². The molecule has 1 rings (SSSR count). The Morgan fingerprint density at radius 3 is 2.79 bits per heavy atom. The van der Waals surface area contributed by atoms with Crippen LogP contribution in [0.1, 0.15) is 10.4 Å². The van der Waals surface area contributed by atoms with Gasteiger partial charge in [-0.1, -0.05) is 0 Å². The number of rotatable bonds is 5. The molecule has 0 aromatic heterocycles. The Bertz CT molecular complexity index is 536. The van der Waals surface area contributed by atoms with E-state index in [0.717, 1.165) is 0 Å². The van der Waals surface area contributed by atoms with E-state index in [0.29, 0.717) is 11.4 Å². The van der Waals surface area contributed by atoms with Crippen molar-refractivity contribution in [2.75, 3.05) is 30.8 Å². The zero-order valence-electron chi connectivity index (χ0n) is 10.4. The van der Waals surface area contributed by atoms with Gasteiger partial charge >= 0.3 is 5.97 Å². The van der Waals surface area contributed by atoms with Crippen molar-refractivity contribution < 1.29 is 14.7 Å². The molecular formula is C12H14N4O3. The van der Waals surface area contributed by atoms with Crippen LogP contribution in [-0.4, -0.2) is 37.1 Å². The molecule has 0 aliphatic carbocycles. The minimum Gasteiger partial charge on any atom is -0.478 e. The molecule has 19 heavy (non-hydrogen) atoms. The van der Waals surface area contributed by atoms with Crippen LogP contribution >= 0.6 is 0 Å². The average molecular weight is 262 g/mol. The van der Waals surface area contributed by atoms with E-state index in [1.807, 2.05) is 0 Å². The number of carboxylic acid groups (broad SMARTS) is 1. The van der Waals surface area contributed by atoms with Crippen molar-refractivity contribution in [3.8, 4) is 6.07 Å². The molecule has 0 heterocycles. The first-order valence-electron chi connectivity index (χ1n) is 5.43. The Kier molecular flexibility index (Phi) is 4.71. The predicted octanol–water partition coefficient (Wildman–Crippen LogP) is 0.0430. The van der Waals surface area contributed by atoms with Crippen molar-refractivity contribution in [3.63, 3.8) is 0 Å². The molecule has 100 valence electrons. The van der Waals surface area contributed by atoms with Gasteiger partial charge in [-0.15, -0.1) is 0 Å². The summed E-state index contributed by atoms with van der Waals surface area (Å²) in [6, 6.07) is 6.22. The Balaban J connectivity index is 2.88. The molecule has 0 unspecified atom stereocenters. The molecule has 0 fully saturated rings. The maximum Gasteiger partial charge on any atom is 0.337 e. The maximum absolute atomic E-state index is 11.5. The predicted molar refractivity (Wildman–Crippen MR) is 69.7 cm³/mol. The number of nitrogens with one attached hydrogen (secondary N) is 1. The summed E-state index contributed by atoms with van der Waals surface area (Å²) in [5, 5.41) is 19.8. The fraction of sp³-hybridized carbons (Fsp3) is 0.250. The molecule has 0 aliphatic heterocycles. The second-order valence-electron chi connectivity index (χ2n) is 3.87. The van der Waals surface area contributed by atoms with E-state index in [9.17, 15) is 9.59 Å². The maximum atomic E-state index is 11.5. The number of hydrogen-bond acceptors (Lipinski definition) is 5. The highest BCUT2D eigenvalue weighted by Gasteiger charge is 2.15. The highest BCUT2D eigenvalue weighted by Crippen LogP contribution is 2.22. The van der Waals surface area contributed by atoms with Gasteiger partial charge in [0.25, 0.3) is 0 Å². The topological polar surface area (TPSA) is 119 Å². The van der Waals surface area contributed by atoms with Crippen LogP contribution in [0.3, 0.4) is 0 Å². The summed E-state index contributed by atoms with van der Waals surface area (Å²) in [5.41, 5.74) is 6.28. The third-order valence-electron chi connectivity index (χ3n) is 2.41. The van der Waals surface area contributed by atoms with Crippen molar-refractivity contribution in [2.24, 2.45) is 0 Å². The number of nitrogen functional groups attached to an aromatic ring is 1. The fourth-order valence-electron chi connectivity index (χ4n) is 1.55. The van der Waals surface area contributed by atoms with E-state index in [1.54, 1.807) is 19.2 Å².